The fourth-order valence-corrected chi connectivity index (χ4v) is 2.37. The summed E-state index contributed by atoms with van der Waals surface area (Å²) < 4.78 is 10.4. The Hall–Kier alpha value is -2.08. The molecule has 0 unspecified atom stereocenters. The van der Waals surface area contributed by atoms with Crippen molar-refractivity contribution in [2.75, 3.05) is 20.3 Å². The van der Waals surface area contributed by atoms with Gasteiger partial charge < -0.3 is 14.8 Å². The predicted octanol–water partition coefficient (Wildman–Crippen LogP) is 2.20. The molecule has 0 atom stereocenters. The molecule has 1 amide bonds. The maximum Gasteiger partial charge on any atom is 0.257 e. The van der Waals surface area contributed by atoms with Gasteiger partial charge in [-0.25, -0.2) is 4.98 Å². The number of carbonyl (C=O) groups is 1. The average molecular weight is 306 g/mol. The van der Waals surface area contributed by atoms with Gasteiger partial charge in [-0.1, -0.05) is 0 Å². The summed E-state index contributed by atoms with van der Waals surface area (Å²) in [7, 11) is 1.60. The third-order valence-electron chi connectivity index (χ3n) is 2.80. The van der Waals surface area contributed by atoms with E-state index in [9.17, 15) is 4.79 Å². The minimum absolute atomic E-state index is 0.00240. The van der Waals surface area contributed by atoms with Crippen LogP contribution >= 0.6 is 11.3 Å². The van der Waals surface area contributed by atoms with Gasteiger partial charge in [-0.3, -0.25) is 4.79 Å². The van der Waals surface area contributed by atoms with E-state index in [1.54, 1.807) is 42.7 Å². The quantitative estimate of drug-likeness (QED) is 0.852. The van der Waals surface area contributed by atoms with Crippen molar-refractivity contribution in [1.29, 1.82) is 0 Å². The number of thiazole rings is 1. The fourth-order valence-electron chi connectivity index (χ4n) is 1.72. The number of ether oxygens (including phenoxy) is 2. The van der Waals surface area contributed by atoms with E-state index in [0.717, 1.165) is 22.9 Å². The highest BCUT2D eigenvalue weighted by Gasteiger charge is 2.04. The molecule has 0 fully saturated rings. The molecule has 6 heteroatoms. The van der Waals surface area contributed by atoms with E-state index in [4.69, 9.17) is 9.47 Å². The molecular formula is C15H18N2O3S. The van der Waals surface area contributed by atoms with E-state index in [1.165, 1.54) is 0 Å². The molecule has 2 rings (SSSR count). The summed E-state index contributed by atoms with van der Waals surface area (Å²) in [4.78, 5) is 16.0. The number of nitrogens with one attached hydrogen (secondary N) is 1. The minimum Gasteiger partial charge on any atom is -0.497 e. The Morgan fingerprint density at radius 2 is 2.00 bits per heavy atom. The molecule has 0 aliphatic heterocycles. The van der Waals surface area contributed by atoms with Gasteiger partial charge in [0.2, 0.25) is 0 Å². The van der Waals surface area contributed by atoms with Gasteiger partial charge >= 0.3 is 0 Å². The second kappa shape index (κ2) is 7.64. The molecule has 0 bridgehead atoms. The Kier molecular flexibility index (Phi) is 5.57. The lowest BCUT2D eigenvalue weighted by atomic mass is 10.3. The van der Waals surface area contributed by atoms with Crippen LogP contribution in [0, 0.1) is 6.92 Å². The zero-order chi connectivity index (χ0) is 15.1. The summed E-state index contributed by atoms with van der Waals surface area (Å²) >= 11 is 1.61. The summed E-state index contributed by atoms with van der Waals surface area (Å²) in [5, 5.41) is 5.86. The number of amides is 1. The fraction of sp³-hybridized carbons (Fsp3) is 0.333. The molecule has 0 saturated heterocycles. The maximum atomic E-state index is 11.7. The first-order valence-electron chi connectivity index (χ1n) is 6.62. The number of hydrogen-bond acceptors (Lipinski definition) is 5. The maximum absolute atomic E-state index is 11.7. The molecule has 0 spiro atoms. The number of carbonyl (C=O) groups excluding carboxylic acids is 1. The Balaban J connectivity index is 1.67. The first-order chi connectivity index (χ1) is 10.2. The van der Waals surface area contributed by atoms with E-state index in [-0.39, 0.29) is 12.5 Å². The van der Waals surface area contributed by atoms with Crippen LogP contribution in [0.3, 0.4) is 0 Å². The van der Waals surface area contributed by atoms with Crippen molar-refractivity contribution in [1.82, 2.24) is 10.3 Å². The number of aromatic nitrogens is 1. The van der Waals surface area contributed by atoms with E-state index in [0.29, 0.717) is 12.3 Å². The number of benzene rings is 1. The van der Waals surface area contributed by atoms with Gasteiger partial charge in [0, 0.05) is 18.3 Å². The largest absolute Gasteiger partial charge is 0.497 e. The molecule has 1 aromatic heterocycles. The van der Waals surface area contributed by atoms with E-state index in [1.807, 2.05) is 12.3 Å². The van der Waals surface area contributed by atoms with Crippen LogP contribution < -0.4 is 14.8 Å². The van der Waals surface area contributed by atoms with Crippen LogP contribution in [-0.2, 0) is 11.2 Å². The van der Waals surface area contributed by atoms with E-state index >= 15 is 0 Å². The highest BCUT2D eigenvalue weighted by atomic mass is 32.1. The van der Waals surface area contributed by atoms with Crippen molar-refractivity contribution in [3.63, 3.8) is 0 Å². The molecule has 0 radical (unpaired) electrons. The summed E-state index contributed by atoms with van der Waals surface area (Å²) in [5.74, 6) is 1.25. The number of methoxy groups -OCH3 is 1. The van der Waals surface area contributed by atoms with Gasteiger partial charge in [0.05, 0.1) is 17.8 Å². The number of hydrogen-bond donors (Lipinski definition) is 1. The highest BCUT2D eigenvalue weighted by molar-refractivity contribution is 7.09. The van der Waals surface area contributed by atoms with Gasteiger partial charge in [-0.2, -0.15) is 0 Å². The minimum atomic E-state index is -0.141. The van der Waals surface area contributed by atoms with Crippen LogP contribution in [0.1, 0.15) is 10.7 Å². The lowest BCUT2D eigenvalue weighted by Crippen LogP contribution is -2.30. The molecule has 21 heavy (non-hydrogen) atoms. The predicted molar refractivity (Wildman–Crippen MR) is 82.1 cm³/mol. The van der Waals surface area contributed by atoms with Crippen molar-refractivity contribution in [2.45, 2.75) is 13.3 Å². The second-order valence-electron chi connectivity index (χ2n) is 4.42. The summed E-state index contributed by atoms with van der Waals surface area (Å²) in [5.41, 5.74) is 1.01. The van der Waals surface area contributed by atoms with E-state index < -0.39 is 0 Å². The van der Waals surface area contributed by atoms with Crippen molar-refractivity contribution < 1.29 is 14.3 Å². The zero-order valence-corrected chi connectivity index (χ0v) is 12.9. The third kappa shape index (κ3) is 5.07. The van der Waals surface area contributed by atoms with Crippen LogP contribution in [0.15, 0.2) is 29.6 Å². The van der Waals surface area contributed by atoms with Crippen molar-refractivity contribution in [3.05, 3.63) is 40.3 Å². The van der Waals surface area contributed by atoms with Crippen LogP contribution in [-0.4, -0.2) is 31.2 Å². The molecular weight excluding hydrogens is 288 g/mol. The standard InChI is InChI=1S/C15H18N2O3S/c1-11-17-12(10-21-11)7-8-16-15(18)9-20-14-5-3-13(19-2)4-6-14/h3-6,10H,7-9H2,1-2H3,(H,16,18). The lowest BCUT2D eigenvalue weighted by Gasteiger charge is -2.07. The monoisotopic (exact) mass is 306 g/mol. The molecule has 2 aromatic rings. The first kappa shape index (κ1) is 15.3. The molecule has 1 aromatic carbocycles. The van der Waals surface area contributed by atoms with Crippen molar-refractivity contribution in [3.8, 4) is 11.5 Å². The van der Waals surface area contributed by atoms with Gasteiger partial charge in [-0.05, 0) is 31.2 Å². The topological polar surface area (TPSA) is 60.5 Å². The molecule has 112 valence electrons. The SMILES string of the molecule is COc1ccc(OCC(=O)NCCc2csc(C)n2)cc1. The van der Waals surface area contributed by atoms with Crippen LogP contribution in [0.2, 0.25) is 0 Å². The Labute approximate surface area is 127 Å². The van der Waals surface area contributed by atoms with Gasteiger partial charge in [-0.15, -0.1) is 11.3 Å². The van der Waals surface area contributed by atoms with Crippen LogP contribution in [0.4, 0.5) is 0 Å². The molecule has 1 N–H and O–H groups in total. The molecule has 0 saturated carbocycles. The van der Waals surface area contributed by atoms with E-state index in [2.05, 4.69) is 10.3 Å². The van der Waals surface area contributed by atoms with Gasteiger partial charge in [0.1, 0.15) is 11.5 Å². The zero-order valence-electron chi connectivity index (χ0n) is 12.1. The number of aryl methyl sites for hydroxylation is 1. The highest BCUT2D eigenvalue weighted by Crippen LogP contribution is 2.16. The number of rotatable bonds is 7. The average Bonchev–Trinajstić information content (AvgIpc) is 2.91. The molecule has 5 nitrogen and oxygen atoms in total. The smallest absolute Gasteiger partial charge is 0.257 e. The van der Waals surface area contributed by atoms with Crippen molar-refractivity contribution in [2.24, 2.45) is 0 Å². The summed E-state index contributed by atoms with van der Waals surface area (Å²) in [6.45, 7) is 2.53. The second-order valence-corrected chi connectivity index (χ2v) is 5.48. The summed E-state index contributed by atoms with van der Waals surface area (Å²) in [6.07, 6.45) is 0.735. The normalized spacial score (nSPS) is 10.2. The van der Waals surface area contributed by atoms with Gasteiger partial charge in [0.15, 0.2) is 6.61 Å². The van der Waals surface area contributed by atoms with Crippen LogP contribution in [0.25, 0.3) is 0 Å². The van der Waals surface area contributed by atoms with Gasteiger partial charge in [0.25, 0.3) is 5.91 Å². The number of nitrogens with zero attached hydrogens (tertiary/aromatic N) is 1. The first-order valence-corrected chi connectivity index (χ1v) is 7.50. The molecule has 1 heterocycles. The molecule has 0 aliphatic rings. The summed E-state index contributed by atoms with van der Waals surface area (Å²) in [6, 6.07) is 7.12. The third-order valence-corrected chi connectivity index (χ3v) is 3.62. The Morgan fingerprint density at radius 1 is 1.29 bits per heavy atom. The lowest BCUT2D eigenvalue weighted by molar-refractivity contribution is -0.123. The Morgan fingerprint density at radius 3 is 2.62 bits per heavy atom. The Bertz CT molecular complexity index is 581. The van der Waals surface area contributed by atoms with Crippen molar-refractivity contribution >= 4 is 17.2 Å². The van der Waals surface area contributed by atoms with Crippen LogP contribution in [0.5, 0.6) is 11.5 Å². The molecule has 0 aliphatic carbocycles.